The fourth-order valence-corrected chi connectivity index (χ4v) is 3.35. The predicted molar refractivity (Wildman–Crippen MR) is 87.0 cm³/mol. The summed E-state index contributed by atoms with van der Waals surface area (Å²) in [7, 11) is 0. The lowest BCUT2D eigenvalue weighted by molar-refractivity contribution is -0.150. The zero-order chi connectivity index (χ0) is 19.8. The van der Waals surface area contributed by atoms with Crippen LogP contribution < -0.4 is 4.90 Å². The number of carbonyl (C=O) groups excluding carboxylic acids is 1. The van der Waals surface area contributed by atoms with Crippen molar-refractivity contribution >= 4 is 23.3 Å². The van der Waals surface area contributed by atoms with E-state index in [0.717, 1.165) is 6.07 Å². The van der Waals surface area contributed by atoms with Crippen LogP contribution in [-0.4, -0.2) is 60.6 Å². The van der Waals surface area contributed by atoms with E-state index in [-0.39, 0.29) is 37.1 Å². The molecule has 150 valence electrons. The van der Waals surface area contributed by atoms with E-state index in [0.29, 0.717) is 12.7 Å². The number of amides is 1. The number of pyridine rings is 1. The molecule has 3 rings (SSSR count). The number of piperidine rings is 1. The first kappa shape index (κ1) is 20.1. The Bertz CT molecular complexity index is 706. The van der Waals surface area contributed by atoms with Crippen LogP contribution in [0.25, 0.3) is 0 Å². The highest BCUT2D eigenvalue weighted by atomic mass is 35.5. The summed E-state index contributed by atoms with van der Waals surface area (Å²) < 4.78 is 70.1. The molecule has 0 saturated carbocycles. The van der Waals surface area contributed by atoms with Crippen molar-refractivity contribution in [1.82, 2.24) is 9.88 Å². The lowest BCUT2D eigenvalue weighted by atomic mass is 10.1. The molecule has 2 aliphatic heterocycles. The molecular formula is C16H17ClF5N3O2. The lowest BCUT2D eigenvalue weighted by Gasteiger charge is -2.38. The highest BCUT2D eigenvalue weighted by molar-refractivity contribution is 6.33. The van der Waals surface area contributed by atoms with E-state index < -0.39 is 42.5 Å². The topological polar surface area (TPSA) is 45.7 Å². The maximum absolute atomic E-state index is 13.2. The van der Waals surface area contributed by atoms with Crippen LogP contribution in [0.5, 0.6) is 0 Å². The Kier molecular flexibility index (Phi) is 5.49. The van der Waals surface area contributed by atoms with Crippen LogP contribution in [0.3, 0.4) is 0 Å². The molecule has 27 heavy (non-hydrogen) atoms. The van der Waals surface area contributed by atoms with Gasteiger partial charge in [0.1, 0.15) is 5.82 Å². The molecule has 1 aromatic heterocycles. The van der Waals surface area contributed by atoms with Gasteiger partial charge in [0.05, 0.1) is 23.7 Å². The molecule has 0 radical (unpaired) electrons. The van der Waals surface area contributed by atoms with Gasteiger partial charge in [0.2, 0.25) is 0 Å². The standard InChI is InChI=1S/C16H17ClF5N3O2/c17-11-7-10(16(20,21)22)8-23-13(11)25-5-6-27-12(9-25)14(26)24-3-1-15(18,19)2-4-24/h7-8,12H,1-6,9H2. The molecule has 2 fully saturated rings. The highest BCUT2D eigenvalue weighted by Crippen LogP contribution is 2.34. The van der Waals surface area contributed by atoms with Gasteiger partial charge in [-0.15, -0.1) is 0 Å². The fourth-order valence-electron chi connectivity index (χ4n) is 3.07. The molecule has 1 unspecified atom stereocenters. The summed E-state index contributed by atoms with van der Waals surface area (Å²) in [6.07, 6.45) is -5.59. The number of hydrogen-bond donors (Lipinski definition) is 0. The van der Waals surface area contributed by atoms with E-state index in [2.05, 4.69) is 4.98 Å². The highest BCUT2D eigenvalue weighted by Gasteiger charge is 2.39. The number of alkyl halides is 5. The van der Waals surface area contributed by atoms with E-state index in [4.69, 9.17) is 16.3 Å². The lowest BCUT2D eigenvalue weighted by Crippen LogP contribution is -2.53. The van der Waals surface area contributed by atoms with Crippen molar-refractivity contribution in [3.05, 3.63) is 22.8 Å². The number of rotatable bonds is 2. The third kappa shape index (κ3) is 4.60. The first-order valence-corrected chi connectivity index (χ1v) is 8.70. The Morgan fingerprint density at radius 1 is 1.26 bits per heavy atom. The average molecular weight is 414 g/mol. The van der Waals surface area contributed by atoms with E-state index >= 15 is 0 Å². The molecule has 0 spiro atoms. The van der Waals surface area contributed by atoms with Gasteiger partial charge in [0, 0.05) is 38.7 Å². The van der Waals surface area contributed by atoms with Crippen molar-refractivity contribution in [3.63, 3.8) is 0 Å². The van der Waals surface area contributed by atoms with Gasteiger partial charge in [0.15, 0.2) is 6.10 Å². The number of aromatic nitrogens is 1. The fraction of sp³-hybridized carbons (Fsp3) is 0.625. The number of hydrogen-bond acceptors (Lipinski definition) is 4. The second-order valence-corrected chi connectivity index (χ2v) is 6.92. The van der Waals surface area contributed by atoms with Crippen LogP contribution in [0.2, 0.25) is 5.02 Å². The Hall–Kier alpha value is -1.68. The number of nitrogens with zero attached hydrogens (tertiary/aromatic N) is 3. The van der Waals surface area contributed by atoms with Gasteiger partial charge in [0.25, 0.3) is 11.8 Å². The van der Waals surface area contributed by atoms with E-state index in [9.17, 15) is 26.7 Å². The molecule has 0 N–H and O–H groups in total. The molecule has 0 bridgehead atoms. The number of anilines is 1. The molecule has 11 heteroatoms. The van der Waals surface area contributed by atoms with Gasteiger partial charge in [-0.05, 0) is 6.07 Å². The molecule has 1 amide bonds. The Balaban J connectivity index is 1.68. The number of morpholine rings is 1. The molecule has 2 aliphatic rings. The maximum Gasteiger partial charge on any atom is 0.417 e. The number of likely N-dealkylation sites (tertiary alicyclic amines) is 1. The van der Waals surface area contributed by atoms with E-state index in [1.54, 1.807) is 4.90 Å². The minimum atomic E-state index is -4.56. The van der Waals surface area contributed by atoms with Crippen molar-refractivity contribution < 1.29 is 31.5 Å². The van der Waals surface area contributed by atoms with Crippen molar-refractivity contribution in [3.8, 4) is 0 Å². The second-order valence-electron chi connectivity index (χ2n) is 6.51. The zero-order valence-electron chi connectivity index (χ0n) is 14.1. The van der Waals surface area contributed by atoms with Gasteiger partial charge >= 0.3 is 6.18 Å². The van der Waals surface area contributed by atoms with E-state index in [1.165, 1.54) is 4.90 Å². The quantitative estimate of drug-likeness (QED) is 0.698. The normalized spacial score (nSPS) is 23.4. The summed E-state index contributed by atoms with van der Waals surface area (Å²) in [6, 6.07) is 0.781. The van der Waals surface area contributed by atoms with Crippen LogP contribution in [-0.2, 0) is 15.7 Å². The predicted octanol–water partition coefficient (Wildman–Crippen LogP) is 3.22. The molecule has 3 heterocycles. The molecule has 0 aromatic carbocycles. The minimum Gasteiger partial charge on any atom is -0.365 e. The Morgan fingerprint density at radius 2 is 1.93 bits per heavy atom. The summed E-state index contributed by atoms with van der Waals surface area (Å²) in [5, 5.41) is -0.185. The Labute approximate surface area is 157 Å². The SMILES string of the molecule is O=C(C1CN(c2ncc(C(F)(F)F)cc2Cl)CCO1)N1CCC(F)(F)CC1. The van der Waals surface area contributed by atoms with Crippen LogP contribution in [0.1, 0.15) is 18.4 Å². The molecule has 2 saturated heterocycles. The summed E-state index contributed by atoms with van der Waals surface area (Å²) in [5.41, 5.74) is -0.966. The summed E-state index contributed by atoms with van der Waals surface area (Å²) in [4.78, 5) is 19.2. The third-order valence-electron chi connectivity index (χ3n) is 4.60. The van der Waals surface area contributed by atoms with Crippen LogP contribution in [0, 0.1) is 0 Å². The molecule has 5 nitrogen and oxygen atoms in total. The van der Waals surface area contributed by atoms with Crippen LogP contribution >= 0.6 is 11.6 Å². The second kappa shape index (κ2) is 7.38. The smallest absolute Gasteiger partial charge is 0.365 e. The summed E-state index contributed by atoms with van der Waals surface area (Å²) in [5.74, 6) is -3.07. The van der Waals surface area contributed by atoms with Crippen LogP contribution in [0.15, 0.2) is 12.3 Å². The number of carbonyl (C=O) groups is 1. The van der Waals surface area contributed by atoms with Gasteiger partial charge in [-0.2, -0.15) is 13.2 Å². The maximum atomic E-state index is 13.2. The minimum absolute atomic E-state index is 0.0316. The zero-order valence-corrected chi connectivity index (χ0v) is 14.9. The molecule has 0 aliphatic carbocycles. The molecule has 1 atom stereocenters. The average Bonchev–Trinajstić information content (AvgIpc) is 2.60. The van der Waals surface area contributed by atoms with Crippen molar-refractivity contribution in [2.75, 3.05) is 37.7 Å². The summed E-state index contributed by atoms with van der Waals surface area (Å²) in [6.45, 7) is 0.332. The van der Waals surface area contributed by atoms with Crippen LogP contribution in [0.4, 0.5) is 27.8 Å². The summed E-state index contributed by atoms with van der Waals surface area (Å²) >= 11 is 5.95. The van der Waals surface area contributed by atoms with Gasteiger partial charge < -0.3 is 14.5 Å². The van der Waals surface area contributed by atoms with Crippen molar-refractivity contribution in [2.24, 2.45) is 0 Å². The number of halogens is 6. The molecular weight excluding hydrogens is 397 g/mol. The van der Waals surface area contributed by atoms with Crippen molar-refractivity contribution in [1.29, 1.82) is 0 Å². The van der Waals surface area contributed by atoms with Crippen molar-refractivity contribution in [2.45, 2.75) is 31.0 Å². The monoisotopic (exact) mass is 413 g/mol. The van der Waals surface area contributed by atoms with Gasteiger partial charge in [-0.3, -0.25) is 4.79 Å². The number of ether oxygens (including phenoxy) is 1. The Morgan fingerprint density at radius 3 is 2.52 bits per heavy atom. The first-order chi connectivity index (χ1) is 12.6. The van der Waals surface area contributed by atoms with E-state index in [1.807, 2.05) is 0 Å². The third-order valence-corrected chi connectivity index (χ3v) is 4.88. The van der Waals surface area contributed by atoms with Gasteiger partial charge in [-0.25, -0.2) is 13.8 Å². The van der Waals surface area contributed by atoms with Gasteiger partial charge in [-0.1, -0.05) is 11.6 Å². The first-order valence-electron chi connectivity index (χ1n) is 8.33. The molecule has 1 aromatic rings. The largest absolute Gasteiger partial charge is 0.417 e.